The van der Waals surface area contributed by atoms with Crippen molar-refractivity contribution in [3.05, 3.63) is 0 Å². The maximum atomic E-state index is 12.0. The summed E-state index contributed by atoms with van der Waals surface area (Å²) in [7, 11) is 2.02. The van der Waals surface area contributed by atoms with Crippen LogP contribution in [0.2, 0.25) is 0 Å². The molecule has 0 radical (unpaired) electrons. The van der Waals surface area contributed by atoms with E-state index in [4.69, 9.17) is 0 Å². The lowest BCUT2D eigenvalue weighted by Crippen LogP contribution is -2.37. The van der Waals surface area contributed by atoms with Crippen molar-refractivity contribution in [3.63, 3.8) is 0 Å². The first-order valence-corrected chi connectivity index (χ1v) is 7.18. The van der Waals surface area contributed by atoms with Crippen molar-refractivity contribution in [1.29, 1.82) is 0 Å². The molecule has 0 bridgehead atoms. The molecule has 110 valence electrons. The fourth-order valence-corrected chi connectivity index (χ4v) is 2.24. The molecule has 1 aliphatic heterocycles. The van der Waals surface area contributed by atoms with Gasteiger partial charge in [0.25, 0.3) is 0 Å². The molecule has 1 heterocycles. The van der Waals surface area contributed by atoms with E-state index in [-0.39, 0.29) is 17.7 Å². The standard InChI is InChI=1S/C14H27N3O2/c1-5-16(4)7-6-15-14(19)12-8-13(18)17(10-12)9-11(2)3/h11-12H,5-10H2,1-4H3,(H,15,19)/t12-/m0/s1. The number of likely N-dealkylation sites (tertiary alicyclic amines) is 1. The average Bonchev–Trinajstić information content (AvgIpc) is 2.70. The van der Waals surface area contributed by atoms with Crippen LogP contribution in [0.25, 0.3) is 0 Å². The van der Waals surface area contributed by atoms with Crippen LogP contribution < -0.4 is 5.32 Å². The van der Waals surface area contributed by atoms with Gasteiger partial charge in [-0.05, 0) is 19.5 Å². The second-order valence-electron chi connectivity index (χ2n) is 5.78. The van der Waals surface area contributed by atoms with Crippen LogP contribution in [-0.2, 0) is 9.59 Å². The smallest absolute Gasteiger partial charge is 0.225 e. The molecular weight excluding hydrogens is 242 g/mol. The molecule has 0 aromatic carbocycles. The first kappa shape index (κ1) is 16.0. The molecule has 1 N–H and O–H groups in total. The van der Waals surface area contributed by atoms with E-state index in [1.54, 1.807) is 0 Å². The van der Waals surface area contributed by atoms with Gasteiger partial charge in [0.1, 0.15) is 0 Å². The van der Waals surface area contributed by atoms with Crippen molar-refractivity contribution < 1.29 is 9.59 Å². The van der Waals surface area contributed by atoms with Gasteiger partial charge in [-0.2, -0.15) is 0 Å². The minimum atomic E-state index is -0.168. The summed E-state index contributed by atoms with van der Waals surface area (Å²) in [4.78, 5) is 27.7. The molecule has 1 fully saturated rings. The molecule has 2 amide bonds. The Balaban J connectivity index is 2.32. The topological polar surface area (TPSA) is 52.7 Å². The Morgan fingerprint density at radius 2 is 2.21 bits per heavy atom. The van der Waals surface area contributed by atoms with E-state index in [0.29, 0.717) is 25.4 Å². The third-order valence-corrected chi connectivity index (χ3v) is 3.50. The van der Waals surface area contributed by atoms with E-state index >= 15 is 0 Å². The lowest BCUT2D eigenvalue weighted by molar-refractivity contribution is -0.129. The Kier molecular flexibility index (Phi) is 6.28. The number of nitrogens with zero attached hydrogens (tertiary/aromatic N) is 2. The number of carbonyl (C=O) groups is 2. The highest BCUT2D eigenvalue weighted by molar-refractivity contribution is 5.89. The van der Waals surface area contributed by atoms with Gasteiger partial charge in [0.2, 0.25) is 11.8 Å². The van der Waals surface area contributed by atoms with Crippen molar-refractivity contribution >= 4 is 11.8 Å². The highest BCUT2D eigenvalue weighted by Gasteiger charge is 2.34. The van der Waals surface area contributed by atoms with Gasteiger partial charge in [-0.1, -0.05) is 20.8 Å². The molecule has 1 saturated heterocycles. The quantitative estimate of drug-likeness (QED) is 0.735. The summed E-state index contributed by atoms with van der Waals surface area (Å²) < 4.78 is 0. The van der Waals surface area contributed by atoms with Crippen molar-refractivity contribution in [2.45, 2.75) is 27.2 Å². The Morgan fingerprint density at radius 1 is 1.53 bits per heavy atom. The molecule has 0 aromatic heterocycles. The van der Waals surface area contributed by atoms with Crippen LogP contribution in [0, 0.1) is 11.8 Å². The summed E-state index contributed by atoms with van der Waals surface area (Å²) in [5, 5.41) is 2.92. The summed E-state index contributed by atoms with van der Waals surface area (Å²) >= 11 is 0. The normalized spacial score (nSPS) is 19.6. The number of hydrogen-bond acceptors (Lipinski definition) is 3. The SMILES string of the molecule is CCN(C)CCNC(=O)[C@H]1CC(=O)N(CC(C)C)C1. The number of carbonyl (C=O) groups excluding carboxylic acids is 2. The zero-order valence-corrected chi connectivity index (χ0v) is 12.6. The molecule has 5 nitrogen and oxygen atoms in total. The lowest BCUT2D eigenvalue weighted by Gasteiger charge is -2.19. The lowest BCUT2D eigenvalue weighted by atomic mass is 10.1. The fraction of sp³-hybridized carbons (Fsp3) is 0.857. The van der Waals surface area contributed by atoms with Gasteiger partial charge >= 0.3 is 0 Å². The van der Waals surface area contributed by atoms with E-state index in [1.807, 2.05) is 11.9 Å². The van der Waals surface area contributed by atoms with Crippen LogP contribution in [-0.4, -0.2) is 61.4 Å². The Hall–Kier alpha value is -1.10. The molecule has 19 heavy (non-hydrogen) atoms. The van der Waals surface area contributed by atoms with Gasteiger partial charge in [0.05, 0.1) is 5.92 Å². The van der Waals surface area contributed by atoms with Crippen LogP contribution in [0.5, 0.6) is 0 Å². The molecule has 0 saturated carbocycles. The predicted octanol–water partition coefficient (Wildman–Crippen LogP) is 0.559. The Morgan fingerprint density at radius 3 is 2.79 bits per heavy atom. The van der Waals surface area contributed by atoms with Gasteiger partial charge in [-0.3, -0.25) is 9.59 Å². The molecule has 1 aliphatic rings. The number of rotatable bonds is 7. The van der Waals surface area contributed by atoms with E-state index in [2.05, 4.69) is 31.0 Å². The van der Waals surface area contributed by atoms with Gasteiger partial charge in [0, 0.05) is 32.6 Å². The first-order chi connectivity index (χ1) is 8.93. The van der Waals surface area contributed by atoms with Crippen LogP contribution in [0.4, 0.5) is 0 Å². The second kappa shape index (κ2) is 7.48. The van der Waals surface area contributed by atoms with Crippen LogP contribution in [0.3, 0.4) is 0 Å². The minimum Gasteiger partial charge on any atom is -0.355 e. The minimum absolute atomic E-state index is 0.0177. The number of nitrogens with one attached hydrogen (secondary N) is 1. The second-order valence-corrected chi connectivity index (χ2v) is 5.78. The molecular formula is C14H27N3O2. The Bertz CT molecular complexity index is 318. The fourth-order valence-electron chi connectivity index (χ4n) is 2.24. The largest absolute Gasteiger partial charge is 0.355 e. The van der Waals surface area contributed by atoms with E-state index in [0.717, 1.165) is 19.6 Å². The molecule has 1 atom stereocenters. The van der Waals surface area contributed by atoms with Crippen molar-refractivity contribution in [3.8, 4) is 0 Å². The molecule has 1 rings (SSSR count). The van der Waals surface area contributed by atoms with Crippen molar-refractivity contribution in [2.75, 3.05) is 39.8 Å². The highest BCUT2D eigenvalue weighted by Crippen LogP contribution is 2.18. The highest BCUT2D eigenvalue weighted by atomic mass is 16.2. The third-order valence-electron chi connectivity index (χ3n) is 3.50. The van der Waals surface area contributed by atoms with Gasteiger partial charge in [-0.15, -0.1) is 0 Å². The van der Waals surface area contributed by atoms with E-state index < -0.39 is 0 Å². The summed E-state index contributed by atoms with van der Waals surface area (Å²) in [6.45, 7) is 10.0. The third kappa shape index (κ3) is 5.19. The van der Waals surface area contributed by atoms with E-state index in [9.17, 15) is 9.59 Å². The molecule has 0 aromatic rings. The first-order valence-electron chi connectivity index (χ1n) is 7.18. The van der Waals surface area contributed by atoms with Crippen molar-refractivity contribution in [2.24, 2.45) is 11.8 Å². The average molecular weight is 269 g/mol. The summed E-state index contributed by atoms with van der Waals surface area (Å²) in [5.74, 6) is 0.408. The number of amides is 2. The summed E-state index contributed by atoms with van der Waals surface area (Å²) in [5.41, 5.74) is 0. The zero-order chi connectivity index (χ0) is 14.4. The summed E-state index contributed by atoms with van der Waals surface area (Å²) in [6, 6.07) is 0. The molecule has 5 heteroatoms. The monoisotopic (exact) mass is 269 g/mol. The maximum absolute atomic E-state index is 12.0. The van der Waals surface area contributed by atoms with Gasteiger partial charge in [0.15, 0.2) is 0 Å². The van der Waals surface area contributed by atoms with Crippen LogP contribution in [0.15, 0.2) is 0 Å². The molecule has 0 spiro atoms. The van der Waals surface area contributed by atoms with E-state index in [1.165, 1.54) is 0 Å². The Labute approximate surface area is 116 Å². The van der Waals surface area contributed by atoms with Crippen molar-refractivity contribution in [1.82, 2.24) is 15.1 Å². The predicted molar refractivity (Wildman–Crippen MR) is 75.7 cm³/mol. The molecule has 0 unspecified atom stereocenters. The zero-order valence-electron chi connectivity index (χ0n) is 12.6. The van der Waals surface area contributed by atoms with Crippen LogP contribution >= 0.6 is 0 Å². The number of likely N-dealkylation sites (N-methyl/N-ethyl adjacent to an activating group) is 1. The van der Waals surface area contributed by atoms with Gasteiger partial charge in [-0.25, -0.2) is 0 Å². The maximum Gasteiger partial charge on any atom is 0.225 e. The summed E-state index contributed by atoms with van der Waals surface area (Å²) in [6.07, 6.45) is 0.363. The molecule has 0 aliphatic carbocycles. The van der Waals surface area contributed by atoms with Gasteiger partial charge < -0.3 is 15.1 Å². The van der Waals surface area contributed by atoms with Crippen LogP contribution in [0.1, 0.15) is 27.2 Å². The number of hydrogen-bond donors (Lipinski definition) is 1.